The molecule has 3 aliphatic rings. The van der Waals surface area contributed by atoms with Crippen LogP contribution in [0, 0.1) is 0 Å². The van der Waals surface area contributed by atoms with Gasteiger partial charge >= 0.3 is 5.97 Å². The highest BCUT2D eigenvalue weighted by molar-refractivity contribution is 8.16. The molecule has 152 valence electrons. The molecule has 7 heteroatoms. The van der Waals surface area contributed by atoms with Gasteiger partial charge < -0.3 is 15.0 Å². The van der Waals surface area contributed by atoms with Crippen LogP contribution in [0.15, 0.2) is 57.7 Å². The molecule has 6 nitrogen and oxygen atoms in total. The molecule has 4 rings (SSSR count). The summed E-state index contributed by atoms with van der Waals surface area (Å²) in [6.07, 6.45) is 2.14. The fourth-order valence-corrected chi connectivity index (χ4v) is 4.49. The minimum atomic E-state index is -0.370. The molecule has 29 heavy (non-hydrogen) atoms. The molecular formula is C22H25N3O3S. The van der Waals surface area contributed by atoms with Crippen LogP contribution in [0.3, 0.4) is 0 Å². The first-order valence-electron chi connectivity index (χ1n) is 9.93. The number of aliphatic imine (C=N–C) groups is 1. The number of hydrogen-bond acceptors (Lipinski definition) is 6. The maximum Gasteiger partial charge on any atom is 0.338 e. The van der Waals surface area contributed by atoms with Crippen LogP contribution < -0.4 is 5.32 Å². The van der Waals surface area contributed by atoms with Crippen molar-refractivity contribution in [3.05, 3.63) is 58.3 Å². The van der Waals surface area contributed by atoms with Gasteiger partial charge in [-0.2, -0.15) is 0 Å². The van der Waals surface area contributed by atoms with E-state index >= 15 is 0 Å². The molecule has 0 aromatic heterocycles. The van der Waals surface area contributed by atoms with E-state index in [1.54, 1.807) is 0 Å². The number of carbonyl (C=O) groups is 2. The predicted octanol–water partition coefficient (Wildman–Crippen LogP) is 3.88. The van der Waals surface area contributed by atoms with E-state index in [1.165, 1.54) is 11.8 Å². The molecule has 1 unspecified atom stereocenters. The van der Waals surface area contributed by atoms with E-state index in [0.717, 1.165) is 29.3 Å². The second-order valence-corrected chi connectivity index (χ2v) is 8.61. The van der Waals surface area contributed by atoms with Gasteiger partial charge in [0.25, 0.3) is 0 Å². The van der Waals surface area contributed by atoms with Crippen LogP contribution in [0.25, 0.3) is 0 Å². The number of thioether (sulfide) groups is 1. The maximum atomic E-state index is 13.0. The Morgan fingerprint density at radius 2 is 2.00 bits per heavy atom. The third kappa shape index (κ3) is 4.24. The summed E-state index contributed by atoms with van der Waals surface area (Å²) in [7, 11) is 0. The SMILES string of the molecule is CC1=C(C(=O)OC(C)C)C(c2ccccc2)N2C(CC(=O)NC3CC3)=CSC2=N1. The van der Waals surface area contributed by atoms with Crippen LogP contribution in [0.4, 0.5) is 0 Å². The summed E-state index contributed by atoms with van der Waals surface area (Å²) in [4.78, 5) is 32.1. The van der Waals surface area contributed by atoms with Crippen molar-refractivity contribution in [2.24, 2.45) is 4.99 Å². The molecular weight excluding hydrogens is 386 g/mol. The first-order valence-corrected chi connectivity index (χ1v) is 10.8. The van der Waals surface area contributed by atoms with Gasteiger partial charge in [0.05, 0.1) is 29.8 Å². The number of ether oxygens (including phenoxy) is 1. The van der Waals surface area contributed by atoms with Crippen molar-refractivity contribution in [1.82, 2.24) is 10.2 Å². The molecule has 0 saturated heterocycles. The van der Waals surface area contributed by atoms with E-state index in [4.69, 9.17) is 4.74 Å². The van der Waals surface area contributed by atoms with Gasteiger partial charge in [0, 0.05) is 11.7 Å². The van der Waals surface area contributed by atoms with Gasteiger partial charge in [-0.25, -0.2) is 9.79 Å². The van der Waals surface area contributed by atoms with Gasteiger partial charge in [0.1, 0.15) is 0 Å². The number of nitrogens with one attached hydrogen (secondary N) is 1. The number of allylic oxidation sites excluding steroid dienone is 1. The number of fused-ring (bicyclic) bond motifs is 1. The highest BCUT2D eigenvalue weighted by atomic mass is 32.2. The van der Waals surface area contributed by atoms with Crippen LogP contribution in [0.1, 0.15) is 51.6 Å². The number of amidine groups is 1. The summed E-state index contributed by atoms with van der Waals surface area (Å²) >= 11 is 1.49. The van der Waals surface area contributed by atoms with Crippen molar-refractivity contribution in [3.63, 3.8) is 0 Å². The topological polar surface area (TPSA) is 71.0 Å². The summed E-state index contributed by atoms with van der Waals surface area (Å²) in [6.45, 7) is 5.51. The Balaban J connectivity index is 1.69. The number of carbonyl (C=O) groups excluding carboxylic acids is 2. The van der Waals surface area contributed by atoms with Gasteiger partial charge in [0.15, 0.2) is 5.17 Å². The number of esters is 1. The van der Waals surface area contributed by atoms with Crippen molar-refractivity contribution in [2.45, 2.75) is 58.2 Å². The molecule has 1 fully saturated rings. The third-order valence-electron chi connectivity index (χ3n) is 4.96. The summed E-state index contributed by atoms with van der Waals surface area (Å²) in [5.74, 6) is -0.363. The minimum absolute atomic E-state index is 0.00462. The maximum absolute atomic E-state index is 13.0. The average molecular weight is 412 g/mol. The molecule has 1 saturated carbocycles. The Morgan fingerprint density at radius 1 is 1.28 bits per heavy atom. The Bertz CT molecular complexity index is 916. The van der Waals surface area contributed by atoms with E-state index < -0.39 is 0 Å². The number of benzene rings is 1. The highest BCUT2D eigenvalue weighted by Crippen LogP contribution is 2.44. The number of rotatable bonds is 6. The van der Waals surface area contributed by atoms with Crippen LogP contribution in [0.2, 0.25) is 0 Å². The normalized spacial score (nSPS) is 21.0. The quantitative estimate of drug-likeness (QED) is 0.720. The fraction of sp³-hybridized carbons (Fsp3) is 0.409. The molecule has 1 N–H and O–H groups in total. The minimum Gasteiger partial charge on any atom is -0.459 e. The Hall–Kier alpha value is -2.54. The lowest BCUT2D eigenvalue weighted by Crippen LogP contribution is -2.38. The van der Waals surface area contributed by atoms with Crippen molar-refractivity contribution in [1.29, 1.82) is 0 Å². The lowest BCUT2D eigenvalue weighted by atomic mass is 9.94. The zero-order valence-electron chi connectivity index (χ0n) is 16.8. The fourth-order valence-electron chi connectivity index (χ4n) is 3.53. The van der Waals surface area contributed by atoms with Gasteiger partial charge in [-0.05, 0) is 44.6 Å². The monoisotopic (exact) mass is 411 g/mol. The Kier molecular flexibility index (Phi) is 5.50. The smallest absolute Gasteiger partial charge is 0.338 e. The van der Waals surface area contributed by atoms with Crippen LogP contribution >= 0.6 is 11.8 Å². The van der Waals surface area contributed by atoms with Gasteiger partial charge in [-0.15, -0.1) is 0 Å². The molecule has 1 aliphatic carbocycles. The van der Waals surface area contributed by atoms with E-state index in [9.17, 15) is 9.59 Å². The molecule has 1 aromatic rings. The van der Waals surface area contributed by atoms with Crippen LogP contribution in [0.5, 0.6) is 0 Å². The molecule has 0 spiro atoms. The summed E-state index contributed by atoms with van der Waals surface area (Å²) in [6, 6.07) is 9.79. The van der Waals surface area contributed by atoms with Gasteiger partial charge in [-0.3, -0.25) is 4.79 Å². The molecule has 1 aromatic carbocycles. The molecule has 1 atom stereocenters. The number of hydrogen-bond donors (Lipinski definition) is 1. The molecule has 2 heterocycles. The zero-order valence-corrected chi connectivity index (χ0v) is 17.7. The molecule has 0 radical (unpaired) electrons. The first-order chi connectivity index (χ1) is 13.9. The summed E-state index contributed by atoms with van der Waals surface area (Å²) in [5, 5.41) is 5.79. The van der Waals surface area contributed by atoms with Crippen LogP contribution in [-0.2, 0) is 14.3 Å². The second kappa shape index (κ2) is 8.06. The lowest BCUT2D eigenvalue weighted by Gasteiger charge is -2.36. The van der Waals surface area contributed by atoms with E-state index in [1.807, 2.05) is 61.4 Å². The number of nitrogens with zero attached hydrogens (tertiary/aromatic N) is 2. The largest absolute Gasteiger partial charge is 0.459 e. The second-order valence-electron chi connectivity index (χ2n) is 7.78. The van der Waals surface area contributed by atoms with Gasteiger partial charge in [-0.1, -0.05) is 42.1 Å². The first kappa shape index (κ1) is 19.8. The summed E-state index contributed by atoms with van der Waals surface area (Å²) < 4.78 is 5.54. The van der Waals surface area contributed by atoms with Gasteiger partial charge in [0.2, 0.25) is 5.91 Å². The average Bonchev–Trinajstić information content (AvgIpc) is 3.40. The van der Waals surface area contributed by atoms with E-state index in [-0.39, 0.29) is 30.4 Å². The summed E-state index contributed by atoms with van der Waals surface area (Å²) in [5.41, 5.74) is 2.99. The highest BCUT2D eigenvalue weighted by Gasteiger charge is 2.41. The zero-order chi connectivity index (χ0) is 20.5. The van der Waals surface area contributed by atoms with E-state index in [0.29, 0.717) is 17.3 Å². The van der Waals surface area contributed by atoms with Crippen LogP contribution in [-0.4, -0.2) is 34.1 Å². The predicted molar refractivity (Wildman–Crippen MR) is 114 cm³/mol. The third-order valence-corrected chi connectivity index (χ3v) is 5.85. The van der Waals surface area contributed by atoms with Crippen molar-refractivity contribution in [2.75, 3.05) is 0 Å². The van der Waals surface area contributed by atoms with Crippen molar-refractivity contribution in [3.8, 4) is 0 Å². The van der Waals surface area contributed by atoms with Crippen molar-refractivity contribution < 1.29 is 14.3 Å². The Morgan fingerprint density at radius 3 is 2.66 bits per heavy atom. The van der Waals surface area contributed by atoms with E-state index in [2.05, 4.69) is 10.3 Å². The molecule has 0 bridgehead atoms. The standard InChI is InChI=1S/C22H25N3O3S/c1-13(2)28-21(27)19-14(3)23-22-25(20(19)15-7-5-4-6-8-15)17(12-29-22)11-18(26)24-16-9-10-16/h4-8,12-13,16,20H,9-11H2,1-3H3,(H,24,26). The molecule has 2 aliphatic heterocycles. The van der Waals surface area contributed by atoms with Crippen molar-refractivity contribution >= 4 is 28.8 Å². The molecule has 1 amide bonds. The number of amides is 1. The lowest BCUT2D eigenvalue weighted by molar-refractivity contribution is -0.143. The Labute approximate surface area is 175 Å².